The molecule has 0 amide bonds. The fourth-order valence-corrected chi connectivity index (χ4v) is 5.95. The molecule has 3 aromatic carbocycles. The summed E-state index contributed by atoms with van der Waals surface area (Å²) in [5.74, 6) is -0.277. The molecule has 1 aliphatic rings. The van der Waals surface area contributed by atoms with Gasteiger partial charge in [0, 0.05) is 41.8 Å². The number of hydrogen-bond donors (Lipinski definition) is 0. The third kappa shape index (κ3) is 3.62. The van der Waals surface area contributed by atoms with Crippen LogP contribution in [0.3, 0.4) is 0 Å². The third-order valence-corrected chi connectivity index (χ3v) is 7.62. The molecule has 0 radical (unpaired) electrons. The van der Waals surface area contributed by atoms with Crippen LogP contribution in [0.25, 0.3) is 51.5 Å². The number of halogens is 1. The second-order valence-electron chi connectivity index (χ2n) is 10.2. The van der Waals surface area contributed by atoms with Crippen molar-refractivity contribution in [2.75, 3.05) is 0 Å². The summed E-state index contributed by atoms with van der Waals surface area (Å²) in [6.07, 6.45) is 9.58. The summed E-state index contributed by atoms with van der Waals surface area (Å²) in [6, 6.07) is 26.9. The van der Waals surface area contributed by atoms with Gasteiger partial charge in [0.05, 0.1) is 5.56 Å². The van der Waals surface area contributed by atoms with Crippen LogP contribution in [0, 0.1) is 5.82 Å². The van der Waals surface area contributed by atoms with Crippen molar-refractivity contribution in [2.24, 2.45) is 7.05 Å². The van der Waals surface area contributed by atoms with Gasteiger partial charge in [0.2, 0.25) is 11.4 Å². The number of pyridine rings is 2. The quantitative estimate of drug-likeness (QED) is 0.236. The summed E-state index contributed by atoms with van der Waals surface area (Å²) in [6.45, 7) is 8.54. The molecule has 0 atom stereocenters. The maximum Gasteiger partial charge on any atom is 0.213 e. The van der Waals surface area contributed by atoms with Crippen LogP contribution < -0.4 is 9.13 Å². The summed E-state index contributed by atoms with van der Waals surface area (Å²) in [5.41, 5.74) is 9.25. The fraction of sp³-hybridized carbons (Fsp3) is 0.118. The Labute approximate surface area is 217 Å². The lowest BCUT2D eigenvalue weighted by Gasteiger charge is -2.25. The van der Waals surface area contributed by atoms with Crippen molar-refractivity contribution in [3.63, 3.8) is 0 Å². The van der Waals surface area contributed by atoms with E-state index in [9.17, 15) is 4.39 Å². The van der Waals surface area contributed by atoms with Crippen LogP contribution in [0.15, 0.2) is 97.8 Å². The average Bonchev–Trinajstić information content (AvgIpc) is 3.15. The molecule has 0 bridgehead atoms. The van der Waals surface area contributed by atoms with Crippen LogP contribution in [0.5, 0.6) is 0 Å². The molecule has 0 saturated heterocycles. The maximum absolute atomic E-state index is 13.8. The summed E-state index contributed by atoms with van der Waals surface area (Å²) >= 11 is 0. The lowest BCUT2D eigenvalue weighted by molar-refractivity contribution is -0.660. The minimum absolute atomic E-state index is 0.206. The molecular weight excluding hydrogens is 455 g/mol. The molecule has 180 valence electrons. The number of fused-ring (bicyclic) bond motifs is 5. The molecule has 6 rings (SSSR count). The summed E-state index contributed by atoms with van der Waals surface area (Å²) in [7, 11) is 2.09. The highest BCUT2D eigenvalue weighted by atomic mass is 19.1. The highest BCUT2D eigenvalue weighted by Gasteiger charge is 2.41. The van der Waals surface area contributed by atoms with E-state index in [1.165, 1.54) is 50.7 Å². The second kappa shape index (κ2) is 8.63. The van der Waals surface area contributed by atoms with Gasteiger partial charge in [-0.25, -0.2) is 8.96 Å². The Hall–Kier alpha value is -4.37. The van der Waals surface area contributed by atoms with E-state index in [0.717, 1.165) is 11.3 Å². The first-order valence-corrected chi connectivity index (χ1v) is 12.6. The van der Waals surface area contributed by atoms with Crippen molar-refractivity contribution in [1.29, 1.82) is 0 Å². The lowest BCUT2D eigenvalue weighted by atomic mass is 9.77. The zero-order chi connectivity index (χ0) is 25.7. The molecule has 0 aliphatic heterocycles. The normalized spacial score (nSPS) is 13.6. The van der Waals surface area contributed by atoms with Crippen molar-refractivity contribution >= 4 is 29.1 Å². The van der Waals surface area contributed by atoms with Crippen LogP contribution in [-0.4, -0.2) is 0 Å². The van der Waals surface area contributed by atoms with Crippen molar-refractivity contribution in [1.82, 2.24) is 0 Å². The zero-order valence-electron chi connectivity index (χ0n) is 21.4. The maximum atomic E-state index is 13.8. The number of aryl methyl sites for hydroxylation is 1. The van der Waals surface area contributed by atoms with Gasteiger partial charge in [-0.1, -0.05) is 69.0 Å². The van der Waals surface area contributed by atoms with Gasteiger partial charge in [0.1, 0.15) is 12.9 Å². The monoisotopic (exact) mass is 484 g/mol. The van der Waals surface area contributed by atoms with Crippen molar-refractivity contribution < 1.29 is 13.5 Å². The molecule has 0 saturated carbocycles. The minimum Gasteiger partial charge on any atom is -0.207 e. The molecule has 0 spiro atoms. The number of benzene rings is 3. The Kier molecular flexibility index (Phi) is 5.38. The van der Waals surface area contributed by atoms with Crippen molar-refractivity contribution in [2.45, 2.75) is 19.3 Å². The van der Waals surface area contributed by atoms with E-state index in [-0.39, 0.29) is 11.2 Å². The van der Waals surface area contributed by atoms with Gasteiger partial charge >= 0.3 is 0 Å². The number of nitrogens with zero attached hydrogens (tertiary/aromatic N) is 2. The summed E-state index contributed by atoms with van der Waals surface area (Å²) in [5, 5.41) is 2.57. The van der Waals surface area contributed by atoms with Crippen LogP contribution in [0.1, 0.15) is 36.2 Å². The highest BCUT2D eigenvalue weighted by molar-refractivity contribution is 6.00. The Bertz CT molecular complexity index is 1740. The van der Waals surface area contributed by atoms with Crippen LogP contribution in [-0.2, 0) is 12.5 Å². The predicted octanol–water partition coefficient (Wildman–Crippen LogP) is 7.34. The molecule has 0 unspecified atom stereocenters. The Morgan fingerprint density at radius 1 is 0.838 bits per heavy atom. The molecule has 2 heterocycles. The SMILES string of the molecule is C=Cc1cc(F)cc[n+]1/C=C\c1ccc2c(c1-c1cccc[n+]1C)C(C)(C)c1c-2ccc2ccccc12. The van der Waals surface area contributed by atoms with Gasteiger partial charge in [0.15, 0.2) is 18.6 Å². The Balaban J connectivity index is 1.63. The molecule has 5 aromatic rings. The first kappa shape index (κ1) is 23.1. The molecule has 3 heteroatoms. The van der Waals surface area contributed by atoms with E-state index >= 15 is 0 Å². The van der Waals surface area contributed by atoms with Gasteiger partial charge < -0.3 is 0 Å². The van der Waals surface area contributed by atoms with Crippen LogP contribution >= 0.6 is 0 Å². The largest absolute Gasteiger partial charge is 0.213 e. The minimum atomic E-state index is -0.277. The summed E-state index contributed by atoms with van der Waals surface area (Å²) in [4.78, 5) is 0. The predicted molar refractivity (Wildman–Crippen MR) is 150 cm³/mol. The van der Waals surface area contributed by atoms with Gasteiger partial charge in [-0.2, -0.15) is 4.57 Å². The molecule has 0 fully saturated rings. The second-order valence-corrected chi connectivity index (χ2v) is 10.2. The molecule has 1 aliphatic carbocycles. The van der Waals surface area contributed by atoms with Crippen LogP contribution in [0.2, 0.25) is 0 Å². The van der Waals surface area contributed by atoms with Crippen LogP contribution in [0.4, 0.5) is 4.39 Å². The van der Waals surface area contributed by atoms with E-state index in [0.29, 0.717) is 5.69 Å². The van der Waals surface area contributed by atoms with Crippen molar-refractivity contribution in [3.05, 3.63) is 126 Å². The highest BCUT2D eigenvalue weighted by Crippen LogP contribution is 2.54. The van der Waals surface area contributed by atoms with E-state index in [1.54, 1.807) is 12.3 Å². The van der Waals surface area contributed by atoms with Gasteiger partial charge in [-0.15, -0.1) is 0 Å². The van der Waals surface area contributed by atoms with Gasteiger partial charge in [0.25, 0.3) is 0 Å². The molecule has 2 aromatic heterocycles. The number of aromatic nitrogens is 2. The first-order valence-electron chi connectivity index (χ1n) is 12.6. The molecule has 37 heavy (non-hydrogen) atoms. The average molecular weight is 485 g/mol. The zero-order valence-corrected chi connectivity index (χ0v) is 21.4. The van der Waals surface area contributed by atoms with E-state index < -0.39 is 0 Å². The third-order valence-electron chi connectivity index (χ3n) is 7.62. The Morgan fingerprint density at radius 2 is 1.59 bits per heavy atom. The van der Waals surface area contributed by atoms with E-state index in [2.05, 4.69) is 111 Å². The topological polar surface area (TPSA) is 7.76 Å². The van der Waals surface area contributed by atoms with E-state index in [4.69, 9.17) is 0 Å². The first-order chi connectivity index (χ1) is 17.9. The molecule has 0 N–H and O–H groups in total. The molecular formula is C34H29FN2+2. The van der Waals surface area contributed by atoms with Crippen molar-refractivity contribution in [3.8, 4) is 22.4 Å². The number of hydrogen-bond acceptors (Lipinski definition) is 0. The Morgan fingerprint density at radius 3 is 2.41 bits per heavy atom. The molecule has 2 nitrogen and oxygen atoms in total. The lowest BCUT2D eigenvalue weighted by Crippen LogP contribution is -2.31. The number of rotatable bonds is 4. The smallest absolute Gasteiger partial charge is 0.207 e. The summed E-state index contributed by atoms with van der Waals surface area (Å²) < 4.78 is 17.9. The van der Waals surface area contributed by atoms with Gasteiger partial charge in [-0.3, -0.25) is 0 Å². The standard InChI is InChI=1S/C34H29FN2/c1-5-26-22-25(35)18-21-37(26)20-17-24-14-16-29-28-15-13-23-10-6-7-11-27(23)32(28)34(2,3)33(29)31(24)30-12-8-9-19-36(30)4/h5-22H,1H2,2-4H3/q+2/b20-17-. The van der Waals surface area contributed by atoms with E-state index in [1.807, 2.05) is 10.8 Å². The fourth-order valence-electron chi connectivity index (χ4n) is 5.95. The van der Waals surface area contributed by atoms with Gasteiger partial charge in [-0.05, 0) is 44.7 Å².